The van der Waals surface area contributed by atoms with Gasteiger partial charge in [-0.1, -0.05) is 77.6 Å². The maximum atomic E-state index is 12.9. The van der Waals surface area contributed by atoms with Crippen molar-refractivity contribution in [2.75, 3.05) is 252 Å². The van der Waals surface area contributed by atoms with E-state index in [-0.39, 0.29) is 66.2 Å². The fourth-order valence-electron chi connectivity index (χ4n) is 10.6. The molecule has 2 amide bonds. The normalized spacial score (nSPS) is 14.8. The van der Waals surface area contributed by atoms with E-state index in [2.05, 4.69) is 29.9 Å². The topological polar surface area (TPSA) is 295 Å². The Morgan fingerprint density at radius 2 is 0.667 bits per heavy atom. The van der Waals surface area contributed by atoms with E-state index in [0.29, 0.717) is 211 Å². The molecule has 27 nitrogen and oxygen atoms in total. The summed E-state index contributed by atoms with van der Waals surface area (Å²) in [6.45, 7) is 18.3. The number of sulfonamides is 2. The maximum Gasteiger partial charge on any atom is 0.240 e. The number of nitrogens with one attached hydrogen (secondary N) is 4. The van der Waals surface area contributed by atoms with Crippen LogP contribution in [0.3, 0.4) is 0 Å². The van der Waals surface area contributed by atoms with Crippen LogP contribution in [-0.2, 0) is 114 Å². The summed E-state index contributed by atoms with van der Waals surface area (Å²) in [5, 5.41) is 8.00. The van der Waals surface area contributed by atoms with Crippen molar-refractivity contribution in [1.29, 1.82) is 0 Å². The molecular weight excluding hydrogens is 1490 g/mol. The van der Waals surface area contributed by atoms with E-state index in [1.165, 1.54) is 0 Å². The van der Waals surface area contributed by atoms with E-state index in [1.807, 2.05) is 57.4 Å². The van der Waals surface area contributed by atoms with Gasteiger partial charge in [-0.25, -0.2) is 26.3 Å². The van der Waals surface area contributed by atoms with Crippen molar-refractivity contribution in [3.05, 3.63) is 126 Å². The molecule has 0 fully saturated rings. The van der Waals surface area contributed by atoms with Crippen molar-refractivity contribution in [1.82, 2.24) is 29.9 Å². The lowest BCUT2D eigenvalue weighted by Gasteiger charge is -2.33. The molecule has 4 N–H and O–H groups in total. The number of methoxy groups -OCH3 is 1. The van der Waals surface area contributed by atoms with E-state index >= 15 is 0 Å². The smallest absolute Gasteiger partial charge is 0.240 e. The van der Waals surface area contributed by atoms with Gasteiger partial charge in [-0.2, -0.15) is 0 Å². The van der Waals surface area contributed by atoms with Crippen molar-refractivity contribution in [2.24, 2.45) is 0 Å². The third kappa shape index (κ3) is 39.0. The number of amides is 2. The molecule has 2 aliphatic rings. The average molecular weight is 1600 g/mol. The highest BCUT2D eigenvalue weighted by molar-refractivity contribution is 7.89. The molecule has 2 unspecified atom stereocenters. The third-order valence-electron chi connectivity index (χ3n) is 15.8. The van der Waals surface area contributed by atoms with E-state index in [1.54, 1.807) is 43.5 Å². The van der Waals surface area contributed by atoms with Crippen LogP contribution in [0.2, 0.25) is 20.1 Å². The van der Waals surface area contributed by atoms with Gasteiger partial charge >= 0.3 is 0 Å². The standard InChI is InChI=1S/C40H63Cl2N3O13S.C32H47Cl2N3O8S/c1-45-31-37(36-29-34(41)30-39(42)38(36)32-45)33-3-5-35(6-4-33)59(47,48)44-9-12-52-17-20-55-19-16-51-11-8-43-40(46)7-10-50-15-18-54-23-24-57-27-28-58-26-25-56-22-21-53-14-13-49-2;1-3-11-41-15-16-42-12-8-32(38)35-9-13-43-17-19-45-20-18-44-14-10-36-46(39,40)27-6-4-25(5-7-27)29-23-37(2)24-30-28(29)21-26(33)22-31(30)34/h3-6,29-30,37,44H,7-28,31-32H2,1-2H3,(H,43,46);4-7,21-22,29,36H,3,8-20,23-24H2,1-2H3,(H,35,38). The Hall–Kier alpha value is -3.88. The molecule has 0 bridgehead atoms. The number of carbonyl (C=O) groups is 2. The van der Waals surface area contributed by atoms with Crippen molar-refractivity contribution in [2.45, 2.75) is 60.9 Å². The lowest BCUT2D eigenvalue weighted by atomic mass is 9.85. The van der Waals surface area contributed by atoms with Crippen molar-refractivity contribution in [3.63, 3.8) is 0 Å². The minimum Gasteiger partial charge on any atom is -0.382 e. The van der Waals surface area contributed by atoms with Crippen LogP contribution < -0.4 is 20.1 Å². The van der Waals surface area contributed by atoms with E-state index < -0.39 is 20.0 Å². The zero-order chi connectivity index (χ0) is 75.6. The molecule has 2 aliphatic heterocycles. The van der Waals surface area contributed by atoms with Crippen LogP contribution in [0, 0.1) is 0 Å². The number of halogens is 4. The molecule has 594 valence electrons. The SMILES string of the molecule is CCCOCCOCCC(=O)NCCOCCOCCOCCNS(=O)(=O)c1ccc(C2CN(C)Cc3c(Cl)cc(Cl)cc32)cc1.COCCOCCOCCOCCOCCOCCOCCC(=O)NCCOCCOCCOCCNS(=O)(=O)c1ccc(C2CN(C)Cc3c(Cl)cc(Cl)cc32)cc1. The number of rotatable bonds is 59. The Bertz CT molecular complexity index is 3250. The van der Waals surface area contributed by atoms with Crippen LogP contribution in [0.4, 0.5) is 0 Å². The number of hydrogen-bond donors (Lipinski definition) is 4. The fraction of sp³-hybridized carbons (Fsp3) is 0.639. The van der Waals surface area contributed by atoms with Gasteiger partial charge in [0.2, 0.25) is 31.9 Å². The van der Waals surface area contributed by atoms with Crippen LogP contribution in [0.15, 0.2) is 82.6 Å². The largest absolute Gasteiger partial charge is 0.382 e. The summed E-state index contributed by atoms with van der Waals surface area (Å²) in [5.74, 6) is -0.158. The summed E-state index contributed by atoms with van der Waals surface area (Å²) < 4.78 is 137. The molecule has 105 heavy (non-hydrogen) atoms. The highest BCUT2D eigenvalue weighted by Crippen LogP contribution is 2.40. The van der Waals surface area contributed by atoms with Gasteiger partial charge in [0.15, 0.2) is 0 Å². The highest BCUT2D eigenvalue weighted by Gasteiger charge is 2.30. The van der Waals surface area contributed by atoms with Crippen molar-refractivity contribution < 1.29 is 97.5 Å². The number of likely N-dealkylation sites (N-methyl/N-ethyl adjacent to an activating group) is 2. The summed E-state index contributed by atoms with van der Waals surface area (Å²) in [4.78, 5) is 28.5. The van der Waals surface area contributed by atoms with Gasteiger partial charge in [-0.3, -0.25) is 9.59 Å². The van der Waals surface area contributed by atoms with Gasteiger partial charge in [0.1, 0.15) is 0 Å². The number of benzene rings is 4. The first-order chi connectivity index (χ1) is 50.9. The Labute approximate surface area is 641 Å². The van der Waals surface area contributed by atoms with Gasteiger partial charge in [0.05, 0.1) is 195 Å². The molecule has 4 aromatic carbocycles. The lowest BCUT2D eigenvalue weighted by Crippen LogP contribution is -2.31. The summed E-state index contributed by atoms with van der Waals surface area (Å²) in [6.07, 6.45) is 1.52. The molecule has 4 aromatic rings. The van der Waals surface area contributed by atoms with Crippen LogP contribution in [0.1, 0.15) is 71.4 Å². The zero-order valence-electron chi connectivity index (χ0n) is 61.2. The second-order valence-electron chi connectivity index (χ2n) is 24.1. The first-order valence-electron chi connectivity index (χ1n) is 35.5. The molecular formula is C72H110Cl4N6O21S2. The highest BCUT2D eigenvalue weighted by atomic mass is 35.5. The first-order valence-corrected chi connectivity index (χ1v) is 40.0. The molecule has 0 aliphatic carbocycles. The minimum atomic E-state index is -3.71. The molecule has 2 heterocycles. The second kappa shape index (κ2) is 55.5. The molecule has 2 atom stereocenters. The van der Waals surface area contributed by atoms with Gasteiger partial charge in [0.25, 0.3) is 0 Å². The van der Waals surface area contributed by atoms with Crippen LogP contribution >= 0.6 is 46.4 Å². The second-order valence-corrected chi connectivity index (χ2v) is 29.3. The molecule has 0 saturated carbocycles. The summed E-state index contributed by atoms with van der Waals surface area (Å²) in [6, 6.07) is 21.2. The molecule has 0 spiro atoms. The molecule has 0 radical (unpaired) electrons. The van der Waals surface area contributed by atoms with Crippen molar-refractivity contribution >= 4 is 78.3 Å². The number of ether oxygens (including phenoxy) is 15. The van der Waals surface area contributed by atoms with E-state index in [4.69, 9.17) is 117 Å². The quantitative estimate of drug-likeness (QED) is 0.0323. The van der Waals surface area contributed by atoms with Gasteiger partial charge < -0.3 is 91.5 Å². The summed E-state index contributed by atoms with van der Waals surface area (Å²) in [5.41, 5.74) is 6.19. The average Bonchev–Trinajstić information content (AvgIpc) is 0.782. The third-order valence-corrected chi connectivity index (χ3v) is 19.9. The Balaban J connectivity index is 0.000000389. The number of hydrogen-bond acceptors (Lipinski definition) is 23. The zero-order valence-corrected chi connectivity index (χ0v) is 65.8. The molecule has 0 aromatic heterocycles. The lowest BCUT2D eigenvalue weighted by molar-refractivity contribution is -0.123. The predicted octanol–water partition coefficient (Wildman–Crippen LogP) is 7.00. The van der Waals surface area contributed by atoms with Gasteiger partial charge in [-0.05, 0) is 102 Å². The predicted molar refractivity (Wildman–Crippen MR) is 401 cm³/mol. The fourth-order valence-corrected chi connectivity index (χ4v) is 13.8. The van der Waals surface area contributed by atoms with Crippen LogP contribution in [0.5, 0.6) is 0 Å². The molecule has 0 saturated heterocycles. The summed E-state index contributed by atoms with van der Waals surface area (Å²) >= 11 is 25.6. The summed E-state index contributed by atoms with van der Waals surface area (Å²) in [7, 11) is -1.70. The Morgan fingerprint density at radius 1 is 0.390 bits per heavy atom. The van der Waals surface area contributed by atoms with Crippen LogP contribution in [0.25, 0.3) is 0 Å². The number of carbonyl (C=O) groups excluding carboxylic acids is 2. The first kappa shape index (κ1) is 91.7. The van der Waals surface area contributed by atoms with Gasteiger partial charge in [0, 0.05) is 111 Å². The minimum absolute atomic E-state index is 0.0193. The van der Waals surface area contributed by atoms with Gasteiger partial charge in [-0.15, -0.1) is 0 Å². The van der Waals surface area contributed by atoms with Crippen molar-refractivity contribution in [3.8, 4) is 0 Å². The van der Waals surface area contributed by atoms with Crippen LogP contribution in [-0.4, -0.2) is 291 Å². The molecule has 6 rings (SSSR count). The Morgan fingerprint density at radius 3 is 0.971 bits per heavy atom. The molecule has 33 heteroatoms. The maximum absolute atomic E-state index is 12.9. The van der Waals surface area contributed by atoms with E-state index in [9.17, 15) is 26.4 Å². The van der Waals surface area contributed by atoms with E-state index in [0.717, 1.165) is 72.6 Å². The number of nitrogens with zero attached hydrogens (tertiary/aromatic N) is 2. The monoisotopic (exact) mass is 1600 g/mol. The number of fused-ring (bicyclic) bond motifs is 2. The Kier molecular flexibility index (Phi) is 48.5.